The van der Waals surface area contributed by atoms with E-state index in [1.54, 1.807) is 0 Å². The molecule has 0 aromatic carbocycles. The Morgan fingerprint density at radius 2 is 2.04 bits per heavy atom. The van der Waals surface area contributed by atoms with E-state index in [2.05, 4.69) is 38.5 Å². The number of hydrogen-bond acceptors (Lipinski definition) is 4. The molecule has 1 amide bonds. The number of amides is 1. The number of nitrogens with one attached hydrogen (secondary N) is 2. The molecule has 1 aromatic rings. The number of carbonyl (C=O) groups is 1. The van der Waals surface area contributed by atoms with Gasteiger partial charge in [-0.2, -0.15) is 0 Å². The Kier molecular flexibility index (Phi) is 5.68. The van der Waals surface area contributed by atoms with Crippen LogP contribution in [-0.4, -0.2) is 28.8 Å². The van der Waals surface area contributed by atoms with Crippen molar-refractivity contribution in [3.63, 3.8) is 0 Å². The molecule has 23 heavy (non-hydrogen) atoms. The maximum Gasteiger partial charge on any atom is 0.407 e. The van der Waals surface area contributed by atoms with Gasteiger partial charge in [-0.1, -0.05) is 6.07 Å². The minimum atomic E-state index is -0.478. The Labute approximate surface area is 146 Å². The molecule has 0 bridgehead atoms. The second-order valence-electron chi connectivity index (χ2n) is 7.35. The van der Waals surface area contributed by atoms with Crippen LogP contribution in [0.1, 0.15) is 46.2 Å². The molecule has 2 rings (SSSR count). The van der Waals surface area contributed by atoms with Crippen molar-refractivity contribution in [1.29, 1.82) is 0 Å². The molecule has 0 radical (unpaired) electrons. The van der Waals surface area contributed by atoms with E-state index in [-0.39, 0.29) is 11.6 Å². The third-order valence-corrected chi connectivity index (χ3v) is 4.37. The molecule has 0 saturated heterocycles. The Bertz CT molecular complexity index is 555. The van der Waals surface area contributed by atoms with Gasteiger partial charge in [0.05, 0.1) is 5.69 Å². The van der Waals surface area contributed by atoms with Crippen molar-refractivity contribution in [3.8, 4) is 0 Å². The van der Waals surface area contributed by atoms with Gasteiger partial charge in [0.25, 0.3) is 0 Å². The van der Waals surface area contributed by atoms with Crippen molar-refractivity contribution >= 4 is 22.0 Å². The van der Waals surface area contributed by atoms with Crippen LogP contribution in [0.2, 0.25) is 0 Å². The molecule has 1 aliphatic rings. The summed E-state index contributed by atoms with van der Waals surface area (Å²) in [5.41, 5.74) is 0.345. The smallest absolute Gasteiger partial charge is 0.407 e. The van der Waals surface area contributed by atoms with Crippen LogP contribution >= 0.6 is 15.9 Å². The fraction of sp³-hybridized carbons (Fsp3) is 0.647. The molecule has 6 heteroatoms. The number of pyridine rings is 1. The zero-order chi connectivity index (χ0) is 17.1. The second-order valence-corrected chi connectivity index (χ2v) is 8.16. The Hall–Kier alpha value is -1.14. The van der Waals surface area contributed by atoms with Gasteiger partial charge in [-0.05, 0) is 74.5 Å². The lowest BCUT2D eigenvalue weighted by Crippen LogP contribution is -2.53. The largest absolute Gasteiger partial charge is 0.444 e. The highest BCUT2D eigenvalue weighted by Gasteiger charge is 2.41. The van der Waals surface area contributed by atoms with Crippen LogP contribution in [0.15, 0.2) is 22.8 Å². The molecule has 2 N–H and O–H groups in total. The van der Waals surface area contributed by atoms with Crippen LogP contribution in [0.5, 0.6) is 0 Å². The van der Waals surface area contributed by atoms with Crippen LogP contribution < -0.4 is 10.6 Å². The van der Waals surface area contributed by atoms with E-state index < -0.39 is 5.60 Å². The zero-order valence-electron chi connectivity index (χ0n) is 14.3. The number of hydrogen-bond donors (Lipinski definition) is 2. The van der Waals surface area contributed by atoms with Gasteiger partial charge < -0.3 is 15.4 Å². The molecule has 1 aliphatic carbocycles. The monoisotopic (exact) mass is 383 g/mol. The van der Waals surface area contributed by atoms with E-state index in [0.717, 1.165) is 10.3 Å². The Morgan fingerprint density at radius 1 is 1.35 bits per heavy atom. The molecule has 0 spiro atoms. The minimum Gasteiger partial charge on any atom is -0.444 e. The SMILES string of the molecule is CC(C)(C)OC(=O)NCC(C)(NCc1cccc(Br)n1)C1CC1. The molecular formula is C17H26BrN3O2. The normalized spacial score (nSPS) is 17.4. The summed E-state index contributed by atoms with van der Waals surface area (Å²) in [5, 5.41) is 6.46. The zero-order valence-corrected chi connectivity index (χ0v) is 15.9. The topological polar surface area (TPSA) is 63.2 Å². The van der Waals surface area contributed by atoms with Gasteiger partial charge in [0, 0.05) is 18.6 Å². The van der Waals surface area contributed by atoms with Gasteiger partial charge in [0.1, 0.15) is 10.2 Å². The molecule has 1 fully saturated rings. The average Bonchev–Trinajstić information content (AvgIpc) is 3.26. The molecule has 1 saturated carbocycles. The van der Waals surface area contributed by atoms with Crippen molar-refractivity contribution < 1.29 is 9.53 Å². The predicted molar refractivity (Wildman–Crippen MR) is 94.1 cm³/mol. The summed E-state index contributed by atoms with van der Waals surface area (Å²) >= 11 is 3.39. The molecule has 1 heterocycles. The fourth-order valence-corrected chi connectivity index (χ4v) is 2.86. The van der Waals surface area contributed by atoms with Crippen molar-refractivity contribution in [2.24, 2.45) is 5.92 Å². The lowest BCUT2D eigenvalue weighted by molar-refractivity contribution is 0.0507. The summed E-state index contributed by atoms with van der Waals surface area (Å²) in [7, 11) is 0. The first-order valence-corrected chi connectivity index (χ1v) is 8.80. The minimum absolute atomic E-state index is 0.152. The predicted octanol–water partition coefficient (Wildman–Crippen LogP) is 3.63. The Morgan fingerprint density at radius 3 is 2.61 bits per heavy atom. The van der Waals surface area contributed by atoms with Gasteiger partial charge in [-0.15, -0.1) is 0 Å². The first-order chi connectivity index (χ1) is 10.7. The molecule has 128 valence electrons. The third kappa shape index (κ3) is 6.11. The first kappa shape index (κ1) is 18.2. The number of halogens is 1. The fourth-order valence-electron chi connectivity index (χ4n) is 2.48. The second kappa shape index (κ2) is 7.18. The highest BCUT2D eigenvalue weighted by atomic mass is 79.9. The van der Waals surface area contributed by atoms with E-state index >= 15 is 0 Å². The van der Waals surface area contributed by atoms with Crippen molar-refractivity contribution in [2.75, 3.05) is 6.54 Å². The number of alkyl carbamates (subject to hydrolysis) is 1. The number of nitrogens with zero attached hydrogens (tertiary/aromatic N) is 1. The number of ether oxygens (including phenoxy) is 1. The standard InChI is InChI=1S/C17H26BrN3O2/c1-16(2,3)23-15(22)19-11-17(4,12-8-9-12)20-10-13-6-5-7-14(18)21-13/h5-7,12,20H,8-11H2,1-4H3,(H,19,22). The van der Waals surface area contributed by atoms with Crippen molar-refractivity contribution in [1.82, 2.24) is 15.6 Å². The van der Waals surface area contributed by atoms with Crippen LogP contribution in [0.4, 0.5) is 4.79 Å². The highest BCUT2D eigenvalue weighted by molar-refractivity contribution is 9.10. The third-order valence-electron chi connectivity index (χ3n) is 3.92. The number of aromatic nitrogens is 1. The van der Waals surface area contributed by atoms with E-state index in [9.17, 15) is 4.79 Å². The Balaban J connectivity index is 1.90. The van der Waals surface area contributed by atoms with Crippen molar-refractivity contribution in [3.05, 3.63) is 28.5 Å². The van der Waals surface area contributed by atoms with Gasteiger partial charge in [-0.25, -0.2) is 9.78 Å². The maximum atomic E-state index is 11.9. The van der Waals surface area contributed by atoms with Gasteiger partial charge >= 0.3 is 6.09 Å². The summed E-state index contributed by atoms with van der Waals surface area (Å²) in [5.74, 6) is 0.574. The van der Waals surface area contributed by atoms with Gasteiger partial charge in [0.2, 0.25) is 0 Å². The van der Waals surface area contributed by atoms with Gasteiger partial charge in [-0.3, -0.25) is 0 Å². The van der Waals surface area contributed by atoms with Crippen LogP contribution in [0.25, 0.3) is 0 Å². The first-order valence-electron chi connectivity index (χ1n) is 8.01. The maximum absolute atomic E-state index is 11.9. The summed E-state index contributed by atoms with van der Waals surface area (Å²) < 4.78 is 6.15. The van der Waals surface area contributed by atoms with Crippen LogP contribution in [-0.2, 0) is 11.3 Å². The van der Waals surface area contributed by atoms with E-state index in [1.165, 1.54) is 12.8 Å². The lowest BCUT2D eigenvalue weighted by atomic mass is 9.95. The molecular weight excluding hydrogens is 358 g/mol. The van der Waals surface area contributed by atoms with E-state index in [1.807, 2.05) is 39.0 Å². The summed E-state index contributed by atoms with van der Waals surface area (Å²) in [6, 6.07) is 5.88. The number of carbonyl (C=O) groups excluding carboxylic acids is 1. The quantitative estimate of drug-likeness (QED) is 0.736. The highest BCUT2D eigenvalue weighted by Crippen LogP contribution is 2.39. The molecule has 1 aromatic heterocycles. The van der Waals surface area contributed by atoms with Gasteiger partial charge in [0.15, 0.2) is 0 Å². The molecule has 1 atom stereocenters. The summed E-state index contributed by atoms with van der Waals surface area (Å²) in [4.78, 5) is 16.3. The van der Waals surface area contributed by atoms with Crippen LogP contribution in [0.3, 0.4) is 0 Å². The van der Waals surface area contributed by atoms with Crippen molar-refractivity contribution in [2.45, 2.75) is 58.2 Å². The van der Waals surface area contributed by atoms with E-state index in [0.29, 0.717) is 19.0 Å². The molecule has 5 nitrogen and oxygen atoms in total. The van der Waals surface area contributed by atoms with E-state index in [4.69, 9.17) is 4.74 Å². The summed E-state index contributed by atoms with van der Waals surface area (Å²) in [6.45, 7) is 8.96. The molecule has 1 unspecified atom stereocenters. The lowest BCUT2D eigenvalue weighted by Gasteiger charge is -2.32. The summed E-state index contributed by atoms with van der Waals surface area (Å²) in [6.07, 6.45) is 2.00. The molecule has 0 aliphatic heterocycles. The van der Waals surface area contributed by atoms with Crippen LogP contribution in [0, 0.1) is 5.92 Å². The number of rotatable bonds is 6. The average molecular weight is 384 g/mol.